The Bertz CT molecular complexity index is 467. The van der Waals surface area contributed by atoms with Gasteiger partial charge in [-0.15, -0.1) is 0 Å². The number of phenolic OH excluding ortho intramolecular Hbond substituents is 1. The molecule has 0 unspecified atom stereocenters. The van der Waals surface area contributed by atoms with Crippen LogP contribution in [0.5, 0.6) is 11.5 Å². The van der Waals surface area contributed by atoms with Crippen LogP contribution in [-0.4, -0.2) is 34.9 Å². The molecule has 1 aliphatic carbocycles. The van der Waals surface area contributed by atoms with Gasteiger partial charge >= 0.3 is 0 Å². The minimum absolute atomic E-state index is 0.00713. The van der Waals surface area contributed by atoms with Crippen LogP contribution in [0.25, 0.3) is 0 Å². The van der Waals surface area contributed by atoms with E-state index in [0.717, 1.165) is 38.5 Å². The summed E-state index contributed by atoms with van der Waals surface area (Å²) in [6, 6.07) is 6.51. The Morgan fingerprint density at radius 1 is 1.19 bits per heavy atom. The molecule has 0 atom stereocenters. The topological polar surface area (TPSA) is 78.8 Å². The first-order valence-corrected chi connectivity index (χ1v) is 7.49. The average molecular weight is 293 g/mol. The number of hydrogen-bond acceptors (Lipinski definition) is 4. The normalized spacial score (nSPS) is 17.8. The molecular weight excluding hydrogens is 270 g/mol. The summed E-state index contributed by atoms with van der Waals surface area (Å²) in [7, 11) is 0. The number of aromatic hydroxyl groups is 1. The number of nitrogens with one attached hydrogen (secondary N) is 1. The van der Waals surface area contributed by atoms with E-state index in [1.807, 2.05) is 0 Å². The number of ether oxygens (including phenoxy) is 1. The summed E-state index contributed by atoms with van der Waals surface area (Å²) in [6.07, 6.45) is 5.75. The number of para-hydroxylation sites is 2. The van der Waals surface area contributed by atoms with Crippen LogP contribution in [0, 0.1) is 0 Å². The van der Waals surface area contributed by atoms with E-state index in [9.17, 15) is 15.0 Å². The molecule has 3 N–H and O–H groups in total. The third-order valence-corrected chi connectivity index (χ3v) is 3.87. The molecule has 0 heterocycles. The monoisotopic (exact) mass is 293 g/mol. The van der Waals surface area contributed by atoms with Gasteiger partial charge in [0.1, 0.15) is 0 Å². The van der Waals surface area contributed by atoms with Gasteiger partial charge in [-0.1, -0.05) is 37.8 Å². The van der Waals surface area contributed by atoms with Crippen molar-refractivity contribution in [3.63, 3.8) is 0 Å². The number of carbonyl (C=O) groups is 1. The number of phenols is 1. The van der Waals surface area contributed by atoms with Crippen LogP contribution in [0.15, 0.2) is 24.3 Å². The molecule has 1 aromatic rings. The minimum Gasteiger partial charge on any atom is -0.504 e. The standard InChI is InChI=1S/C16H23NO4/c18-13-7-3-4-8-14(13)21-11-15(19)17-12-16(20)9-5-1-2-6-10-16/h3-4,7-8,18,20H,1-2,5-6,9-12H2,(H,17,19). The van der Waals surface area contributed by atoms with Crippen molar-refractivity contribution in [3.8, 4) is 11.5 Å². The predicted octanol–water partition coefficient (Wildman–Crippen LogP) is 1.97. The summed E-state index contributed by atoms with van der Waals surface area (Å²) in [4.78, 5) is 11.8. The molecule has 116 valence electrons. The van der Waals surface area contributed by atoms with Crippen molar-refractivity contribution in [2.75, 3.05) is 13.2 Å². The van der Waals surface area contributed by atoms with Gasteiger partial charge in [-0.3, -0.25) is 4.79 Å². The Morgan fingerprint density at radius 2 is 1.86 bits per heavy atom. The number of amides is 1. The molecule has 1 fully saturated rings. The van der Waals surface area contributed by atoms with E-state index >= 15 is 0 Å². The van der Waals surface area contributed by atoms with E-state index in [1.54, 1.807) is 18.2 Å². The SMILES string of the molecule is O=C(COc1ccccc1O)NCC1(O)CCCCCC1. The largest absolute Gasteiger partial charge is 0.504 e. The first-order chi connectivity index (χ1) is 10.1. The molecule has 0 aromatic heterocycles. The highest BCUT2D eigenvalue weighted by Crippen LogP contribution is 2.26. The van der Waals surface area contributed by atoms with Gasteiger partial charge in [-0.2, -0.15) is 0 Å². The molecule has 1 amide bonds. The van der Waals surface area contributed by atoms with Crippen molar-refractivity contribution < 1.29 is 19.7 Å². The molecule has 2 rings (SSSR count). The van der Waals surface area contributed by atoms with Gasteiger partial charge in [0.2, 0.25) is 0 Å². The first-order valence-electron chi connectivity index (χ1n) is 7.49. The molecule has 1 saturated carbocycles. The van der Waals surface area contributed by atoms with Crippen molar-refractivity contribution in [1.29, 1.82) is 0 Å². The molecule has 1 aliphatic rings. The van der Waals surface area contributed by atoms with E-state index in [1.165, 1.54) is 6.07 Å². The number of benzene rings is 1. The smallest absolute Gasteiger partial charge is 0.258 e. The molecule has 5 nitrogen and oxygen atoms in total. The van der Waals surface area contributed by atoms with Crippen molar-refractivity contribution in [3.05, 3.63) is 24.3 Å². The minimum atomic E-state index is -0.791. The lowest BCUT2D eigenvalue weighted by Crippen LogP contribution is -2.44. The quantitative estimate of drug-likeness (QED) is 0.725. The second-order valence-corrected chi connectivity index (χ2v) is 5.67. The molecule has 5 heteroatoms. The van der Waals surface area contributed by atoms with E-state index in [0.29, 0.717) is 0 Å². The molecule has 1 aromatic carbocycles. The molecule has 0 spiro atoms. The van der Waals surface area contributed by atoms with Crippen molar-refractivity contribution in [2.45, 2.75) is 44.1 Å². The third-order valence-electron chi connectivity index (χ3n) is 3.87. The van der Waals surface area contributed by atoms with Crippen LogP contribution in [0.4, 0.5) is 0 Å². The fraction of sp³-hybridized carbons (Fsp3) is 0.562. The fourth-order valence-electron chi connectivity index (χ4n) is 2.60. The van der Waals surface area contributed by atoms with Crippen LogP contribution in [0.2, 0.25) is 0 Å². The summed E-state index contributed by atoms with van der Waals surface area (Å²) >= 11 is 0. The molecular formula is C16H23NO4. The number of aliphatic hydroxyl groups is 1. The Morgan fingerprint density at radius 3 is 2.52 bits per heavy atom. The first kappa shape index (κ1) is 15.6. The van der Waals surface area contributed by atoms with Crippen molar-refractivity contribution in [2.24, 2.45) is 0 Å². The fourth-order valence-corrected chi connectivity index (χ4v) is 2.60. The third kappa shape index (κ3) is 4.93. The summed E-state index contributed by atoms with van der Waals surface area (Å²) < 4.78 is 5.25. The Kier molecular flexibility index (Phi) is 5.44. The lowest BCUT2D eigenvalue weighted by Gasteiger charge is -2.26. The summed E-state index contributed by atoms with van der Waals surface area (Å²) in [5.74, 6) is -0.00977. The molecule has 0 bridgehead atoms. The van der Waals surface area contributed by atoms with Gasteiger partial charge < -0.3 is 20.3 Å². The van der Waals surface area contributed by atoms with Gasteiger partial charge in [0, 0.05) is 6.54 Å². The second-order valence-electron chi connectivity index (χ2n) is 5.67. The number of rotatable bonds is 5. The average Bonchev–Trinajstić information content (AvgIpc) is 2.70. The van der Waals surface area contributed by atoms with Crippen molar-refractivity contribution >= 4 is 5.91 Å². The molecule has 0 aliphatic heterocycles. The van der Waals surface area contributed by atoms with E-state index in [2.05, 4.69) is 5.32 Å². The second kappa shape index (κ2) is 7.31. The summed E-state index contributed by atoms with van der Waals surface area (Å²) in [5, 5.41) is 22.7. The predicted molar refractivity (Wildman–Crippen MR) is 79.3 cm³/mol. The molecule has 0 saturated heterocycles. The van der Waals surface area contributed by atoms with Crippen LogP contribution >= 0.6 is 0 Å². The van der Waals surface area contributed by atoms with E-state index in [-0.39, 0.29) is 30.6 Å². The van der Waals surface area contributed by atoms with Crippen LogP contribution in [-0.2, 0) is 4.79 Å². The maximum Gasteiger partial charge on any atom is 0.258 e. The van der Waals surface area contributed by atoms with Gasteiger partial charge in [-0.05, 0) is 25.0 Å². The van der Waals surface area contributed by atoms with Gasteiger partial charge in [0.15, 0.2) is 18.1 Å². The highest BCUT2D eigenvalue weighted by molar-refractivity contribution is 5.77. The summed E-state index contributed by atoms with van der Waals surface area (Å²) in [6.45, 7) is 0.0869. The van der Waals surface area contributed by atoms with Gasteiger partial charge in [0.05, 0.1) is 5.60 Å². The molecule has 0 radical (unpaired) electrons. The van der Waals surface area contributed by atoms with Gasteiger partial charge in [-0.25, -0.2) is 0 Å². The van der Waals surface area contributed by atoms with E-state index in [4.69, 9.17) is 4.74 Å². The lowest BCUT2D eigenvalue weighted by atomic mass is 9.94. The highest BCUT2D eigenvalue weighted by Gasteiger charge is 2.28. The lowest BCUT2D eigenvalue weighted by molar-refractivity contribution is -0.124. The zero-order chi connectivity index (χ0) is 15.1. The van der Waals surface area contributed by atoms with Gasteiger partial charge in [0.25, 0.3) is 5.91 Å². The maximum absolute atomic E-state index is 11.8. The van der Waals surface area contributed by atoms with Crippen LogP contribution < -0.4 is 10.1 Å². The Labute approximate surface area is 124 Å². The molecule has 21 heavy (non-hydrogen) atoms. The number of carbonyl (C=O) groups excluding carboxylic acids is 1. The van der Waals surface area contributed by atoms with Crippen molar-refractivity contribution in [1.82, 2.24) is 5.32 Å². The number of hydrogen-bond donors (Lipinski definition) is 3. The Hall–Kier alpha value is -1.75. The highest BCUT2D eigenvalue weighted by atomic mass is 16.5. The zero-order valence-electron chi connectivity index (χ0n) is 12.2. The zero-order valence-corrected chi connectivity index (χ0v) is 12.2. The summed E-state index contributed by atoms with van der Waals surface area (Å²) in [5.41, 5.74) is -0.791. The van der Waals surface area contributed by atoms with Crippen LogP contribution in [0.3, 0.4) is 0 Å². The maximum atomic E-state index is 11.8. The Balaban J connectivity index is 1.75. The van der Waals surface area contributed by atoms with Crippen LogP contribution in [0.1, 0.15) is 38.5 Å². The van der Waals surface area contributed by atoms with E-state index < -0.39 is 5.60 Å².